The Hall–Kier alpha value is -1.03. The summed E-state index contributed by atoms with van der Waals surface area (Å²) >= 11 is 5.30. The molecule has 0 aromatic rings. The molecule has 0 aliphatic heterocycles. The van der Waals surface area contributed by atoms with Gasteiger partial charge in [0.05, 0.1) is 13.0 Å². The van der Waals surface area contributed by atoms with E-state index in [-0.39, 0.29) is 24.7 Å². The molecule has 0 saturated carbocycles. The molecule has 4 nitrogen and oxygen atoms in total. The lowest BCUT2D eigenvalue weighted by Crippen LogP contribution is -2.14. The van der Waals surface area contributed by atoms with Crippen molar-refractivity contribution in [2.75, 3.05) is 12.5 Å². The van der Waals surface area contributed by atoms with Crippen LogP contribution in [0.1, 0.15) is 19.8 Å². The topological polar surface area (TPSA) is 52.6 Å². The van der Waals surface area contributed by atoms with Crippen molar-refractivity contribution in [1.82, 2.24) is 0 Å². The first kappa shape index (κ1) is 13.0. The molecule has 5 heteroatoms. The smallest absolute Gasteiger partial charge is 0.373 e. The molecule has 0 heterocycles. The van der Waals surface area contributed by atoms with Gasteiger partial charge < -0.3 is 9.47 Å². The van der Waals surface area contributed by atoms with E-state index in [0.29, 0.717) is 6.42 Å². The number of hydrogen-bond acceptors (Lipinski definition) is 4. The first-order chi connectivity index (χ1) is 6.61. The van der Waals surface area contributed by atoms with Crippen LogP contribution >= 0.6 is 11.6 Å². The first-order valence-corrected chi connectivity index (χ1v) is 4.78. The van der Waals surface area contributed by atoms with Gasteiger partial charge in [-0.1, -0.05) is 6.92 Å². The van der Waals surface area contributed by atoms with Gasteiger partial charge >= 0.3 is 11.9 Å². The number of halogens is 1. The highest BCUT2D eigenvalue weighted by atomic mass is 35.5. The quantitative estimate of drug-likeness (QED) is 0.296. The van der Waals surface area contributed by atoms with Crippen LogP contribution in [0.3, 0.4) is 0 Å². The van der Waals surface area contributed by atoms with Crippen molar-refractivity contribution in [2.45, 2.75) is 19.8 Å². The molecule has 0 saturated heterocycles. The molecule has 0 rings (SSSR count). The molecule has 0 fully saturated rings. The van der Waals surface area contributed by atoms with Crippen LogP contribution in [0.2, 0.25) is 0 Å². The molecule has 0 radical (unpaired) electrons. The van der Waals surface area contributed by atoms with Crippen LogP contribution in [-0.2, 0) is 19.1 Å². The summed E-state index contributed by atoms with van der Waals surface area (Å²) in [4.78, 5) is 21.9. The monoisotopic (exact) mass is 220 g/mol. The van der Waals surface area contributed by atoms with Crippen molar-refractivity contribution in [1.29, 1.82) is 0 Å². The van der Waals surface area contributed by atoms with Gasteiger partial charge in [0.15, 0.2) is 0 Å². The number of ether oxygens (including phenoxy) is 2. The highest BCUT2D eigenvalue weighted by Crippen LogP contribution is 2.01. The van der Waals surface area contributed by atoms with Gasteiger partial charge in [-0.3, -0.25) is 4.79 Å². The number of carbonyl (C=O) groups is 2. The maximum atomic E-state index is 11.0. The van der Waals surface area contributed by atoms with E-state index in [1.807, 2.05) is 6.92 Å². The van der Waals surface area contributed by atoms with Crippen molar-refractivity contribution in [3.05, 3.63) is 12.3 Å². The summed E-state index contributed by atoms with van der Waals surface area (Å²) in [7, 11) is 0. The third-order valence-corrected chi connectivity index (χ3v) is 1.39. The Bertz CT molecular complexity index is 225. The van der Waals surface area contributed by atoms with Gasteiger partial charge in [-0.15, -0.1) is 11.6 Å². The summed E-state index contributed by atoms with van der Waals surface area (Å²) in [5.74, 6) is -1.45. The van der Waals surface area contributed by atoms with Crippen LogP contribution in [0.25, 0.3) is 0 Å². The van der Waals surface area contributed by atoms with Crippen molar-refractivity contribution in [3.8, 4) is 0 Å². The summed E-state index contributed by atoms with van der Waals surface area (Å²) in [6.07, 6.45) is 0.746. The third kappa shape index (κ3) is 5.59. The fourth-order valence-electron chi connectivity index (χ4n) is 0.583. The Morgan fingerprint density at radius 3 is 2.57 bits per heavy atom. The lowest BCUT2D eigenvalue weighted by molar-refractivity contribution is -0.151. The molecule has 0 aliphatic carbocycles. The molecular formula is C9H13ClO4. The average Bonchev–Trinajstić information content (AvgIpc) is 2.14. The number of alkyl halides is 1. The van der Waals surface area contributed by atoms with Crippen LogP contribution in [0.4, 0.5) is 0 Å². The second-order valence-electron chi connectivity index (χ2n) is 2.47. The molecule has 0 amide bonds. The molecule has 0 aliphatic rings. The van der Waals surface area contributed by atoms with E-state index in [1.165, 1.54) is 0 Å². The maximum Gasteiger partial charge on any atom is 0.373 e. The Balaban J connectivity index is 3.83. The average molecular weight is 221 g/mol. The molecule has 80 valence electrons. The molecule has 0 unspecified atom stereocenters. The summed E-state index contributed by atoms with van der Waals surface area (Å²) in [5.41, 5.74) is 0. The zero-order valence-corrected chi connectivity index (χ0v) is 8.80. The largest absolute Gasteiger partial charge is 0.460 e. The Kier molecular flexibility index (Phi) is 6.84. The Labute approximate surface area is 87.8 Å². The number of hydrogen-bond donors (Lipinski definition) is 0. The predicted molar refractivity (Wildman–Crippen MR) is 51.8 cm³/mol. The second-order valence-corrected chi connectivity index (χ2v) is 2.85. The second kappa shape index (κ2) is 7.38. The summed E-state index contributed by atoms with van der Waals surface area (Å²) in [5, 5.41) is 0. The molecule has 0 bridgehead atoms. The standard InChI is InChI=1S/C9H13ClO4/c1-3-6-13-9(12)7(2)14-8(11)4-5-10/h2-6H2,1H3. The van der Waals surface area contributed by atoms with Crippen LogP contribution in [0.5, 0.6) is 0 Å². The predicted octanol–water partition coefficient (Wildman–Crippen LogP) is 1.63. The number of carbonyl (C=O) groups excluding carboxylic acids is 2. The molecule has 0 spiro atoms. The summed E-state index contributed by atoms with van der Waals surface area (Å²) < 4.78 is 9.24. The first-order valence-electron chi connectivity index (χ1n) is 4.24. The van der Waals surface area contributed by atoms with Crippen LogP contribution in [0, 0.1) is 0 Å². The minimum Gasteiger partial charge on any atom is -0.460 e. The van der Waals surface area contributed by atoms with Crippen molar-refractivity contribution >= 4 is 23.5 Å². The van der Waals surface area contributed by atoms with E-state index in [2.05, 4.69) is 16.1 Å². The van der Waals surface area contributed by atoms with E-state index >= 15 is 0 Å². The van der Waals surface area contributed by atoms with Crippen molar-refractivity contribution in [2.24, 2.45) is 0 Å². The van der Waals surface area contributed by atoms with E-state index in [0.717, 1.165) is 0 Å². The van der Waals surface area contributed by atoms with Gasteiger partial charge in [-0.25, -0.2) is 4.79 Å². The SMILES string of the molecule is C=C(OC(=O)CCCl)C(=O)OCCC. The van der Waals surface area contributed by atoms with Gasteiger partial charge in [0.2, 0.25) is 5.76 Å². The van der Waals surface area contributed by atoms with Gasteiger partial charge in [0, 0.05) is 5.88 Å². The van der Waals surface area contributed by atoms with Crippen LogP contribution < -0.4 is 0 Å². The molecule has 0 aromatic carbocycles. The summed E-state index contributed by atoms with van der Waals surface area (Å²) in [6, 6.07) is 0. The van der Waals surface area contributed by atoms with Gasteiger partial charge in [0.1, 0.15) is 0 Å². The maximum absolute atomic E-state index is 11.0. The molecular weight excluding hydrogens is 208 g/mol. The molecule has 14 heavy (non-hydrogen) atoms. The lowest BCUT2D eigenvalue weighted by atomic mass is 10.5. The molecule has 0 atom stereocenters. The molecule has 0 aromatic heterocycles. The zero-order valence-electron chi connectivity index (χ0n) is 8.05. The fourth-order valence-corrected chi connectivity index (χ4v) is 0.737. The van der Waals surface area contributed by atoms with E-state index < -0.39 is 11.9 Å². The summed E-state index contributed by atoms with van der Waals surface area (Å²) in [6.45, 7) is 5.41. The van der Waals surface area contributed by atoms with Crippen molar-refractivity contribution in [3.63, 3.8) is 0 Å². The Morgan fingerprint density at radius 1 is 1.43 bits per heavy atom. The van der Waals surface area contributed by atoms with Gasteiger partial charge in [-0.05, 0) is 13.0 Å². The number of rotatable bonds is 6. The zero-order chi connectivity index (χ0) is 11.0. The van der Waals surface area contributed by atoms with Crippen molar-refractivity contribution < 1.29 is 19.1 Å². The Morgan fingerprint density at radius 2 is 2.07 bits per heavy atom. The van der Waals surface area contributed by atoms with E-state index in [4.69, 9.17) is 11.6 Å². The van der Waals surface area contributed by atoms with Crippen LogP contribution in [0.15, 0.2) is 12.3 Å². The van der Waals surface area contributed by atoms with E-state index in [1.54, 1.807) is 0 Å². The lowest BCUT2D eigenvalue weighted by Gasteiger charge is -2.05. The number of esters is 2. The highest BCUT2D eigenvalue weighted by molar-refractivity contribution is 6.18. The van der Waals surface area contributed by atoms with E-state index in [9.17, 15) is 9.59 Å². The highest BCUT2D eigenvalue weighted by Gasteiger charge is 2.13. The van der Waals surface area contributed by atoms with Gasteiger partial charge in [0.25, 0.3) is 0 Å². The third-order valence-electron chi connectivity index (χ3n) is 1.20. The normalized spacial score (nSPS) is 9.29. The minimum absolute atomic E-state index is 0.0433. The minimum atomic E-state index is -0.713. The molecule has 0 N–H and O–H groups in total. The van der Waals surface area contributed by atoms with Gasteiger partial charge in [-0.2, -0.15) is 0 Å². The van der Waals surface area contributed by atoms with Crippen LogP contribution in [-0.4, -0.2) is 24.4 Å². The fraction of sp³-hybridized carbons (Fsp3) is 0.556.